The Labute approximate surface area is 171 Å². The third-order valence-corrected chi connectivity index (χ3v) is 5.47. The van der Waals surface area contributed by atoms with Crippen LogP contribution in [0.4, 0.5) is 8.78 Å². The number of guanidine groups is 1. The molecular weight excluding hydrogens is 376 g/mol. The normalized spacial score (nSPS) is 18.4. The summed E-state index contributed by atoms with van der Waals surface area (Å²) in [6, 6.07) is 3.51. The van der Waals surface area contributed by atoms with Crippen LogP contribution in [-0.2, 0) is 11.2 Å². The van der Waals surface area contributed by atoms with Gasteiger partial charge in [0, 0.05) is 52.4 Å². The van der Waals surface area contributed by atoms with E-state index >= 15 is 0 Å². The molecule has 2 fully saturated rings. The van der Waals surface area contributed by atoms with Crippen molar-refractivity contribution in [2.75, 3.05) is 58.9 Å². The molecule has 6 nitrogen and oxygen atoms in total. The number of nitrogens with zero attached hydrogens (tertiary/aromatic N) is 4. The zero-order valence-corrected chi connectivity index (χ0v) is 17.2. The molecule has 0 aliphatic carbocycles. The van der Waals surface area contributed by atoms with Gasteiger partial charge in [-0.05, 0) is 49.9 Å². The summed E-state index contributed by atoms with van der Waals surface area (Å²) in [4.78, 5) is 23.3. The highest BCUT2D eigenvalue weighted by Crippen LogP contribution is 2.11. The second kappa shape index (κ2) is 10.5. The van der Waals surface area contributed by atoms with Gasteiger partial charge in [-0.3, -0.25) is 14.7 Å². The predicted octanol–water partition coefficient (Wildman–Crippen LogP) is 1.71. The van der Waals surface area contributed by atoms with Crippen LogP contribution in [-0.4, -0.2) is 85.5 Å². The van der Waals surface area contributed by atoms with E-state index in [0.717, 1.165) is 76.7 Å². The van der Waals surface area contributed by atoms with Crippen LogP contribution >= 0.6 is 0 Å². The molecule has 0 bridgehead atoms. The van der Waals surface area contributed by atoms with Crippen molar-refractivity contribution < 1.29 is 13.6 Å². The second-order valence-electron chi connectivity index (χ2n) is 7.57. The maximum absolute atomic E-state index is 13.8. The van der Waals surface area contributed by atoms with Crippen LogP contribution in [0.3, 0.4) is 0 Å². The van der Waals surface area contributed by atoms with Gasteiger partial charge < -0.3 is 15.1 Å². The van der Waals surface area contributed by atoms with Gasteiger partial charge in [-0.1, -0.05) is 0 Å². The van der Waals surface area contributed by atoms with Gasteiger partial charge in [0.05, 0.1) is 6.54 Å². The van der Waals surface area contributed by atoms with Crippen molar-refractivity contribution in [2.45, 2.75) is 26.2 Å². The first-order chi connectivity index (χ1) is 14.1. The third kappa shape index (κ3) is 6.13. The average molecular weight is 408 g/mol. The fourth-order valence-electron chi connectivity index (χ4n) is 3.82. The molecule has 0 spiro atoms. The Morgan fingerprint density at radius 2 is 1.79 bits per heavy atom. The van der Waals surface area contributed by atoms with Crippen molar-refractivity contribution in [3.05, 3.63) is 35.4 Å². The lowest BCUT2D eigenvalue weighted by Crippen LogP contribution is -2.54. The standard InChI is InChI=1S/C21H31F2N5O/c1-2-24-21(25-8-7-17-15-18(22)5-6-19(17)23)28-13-11-26(12-14-28)16-20(29)27-9-3-4-10-27/h5-6,15H,2-4,7-14,16H2,1H3,(H,24,25). The van der Waals surface area contributed by atoms with Crippen LogP contribution in [0.2, 0.25) is 0 Å². The summed E-state index contributed by atoms with van der Waals surface area (Å²) in [5.74, 6) is 0.184. The number of piperazine rings is 1. The molecule has 2 aliphatic rings. The molecule has 2 heterocycles. The van der Waals surface area contributed by atoms with Crippen molar-refractivity contribution in [1.29, 1.82) is 0 Å². The maximum Gasteiger partial charge on any atom is 0.236 e. The van der Waals surface area contributed by atoms with E-state index in [4.69, 9.17) is 0 Å². The number of hydrogen-bond donors (Lipinski definition) is 1. The van der Waals surface area contributed by atoms with Gasteiger partial charge in [-0.2, -0.15) is 0 Å². The monoisotopic (exact) mass is 407 g/mol. The average Bonchev–Trinajstić information content (AvgIpc) is 3.26. The summed E-state index contributed by atoms with van der Waals surface area (Å²) in [5.41, 5.74) is 0.342. The Kier molecular flexibility index (Phi) is 7.80. The zero-order chi connectivity index (χ0) is 20.6. The van der Waals surface area contributed by atoms with Gasteiger partial charge in [0.2, 0.25) is 5.91 Å². The molecule has 0 saturated carbocycles. The number of halogens is 2. The van der Waals surface area contributed by atoms with Crippen molar-refractivity contribution in [2.24, 2.45) is 4.99 Å². The van der Waals surface area contributed by atoms with Crippen molar-refractivity contribution in [3.63, 3.8) is 0 Å². The highest BCUT2D eigenvalue weighted by molar-refractivity contribution is 5.80. The minimum absolute atomic E-state index is 0.230. The number of carbonyl (C=O) groups is 1. The lowest BCUT2D eigenvalue weighted by atomic mass is 10.1. The summed E-state index contributed by atoms with van der Waals surface area (Å²) in [6.07, 6.45) is 2.58. The van der Waals surface area contributed by atoms with E-state index in [0.29, 0.717) is 25.1 Å². The molecule has 0 aromatic heterocycles. The van der Waals surface area contributed by atoms with Crippen LogP contribution in [0.5, 0.6) is 0 Å². The summed E-state index contributed by atoms with van der Waals surface area (Å²) >= 11 is 0. The molecule has 2 aliphatic heterocycles. The summed E-state index contributed by atoms with van der Waals surface area (Å²) in [6.45, 7) is 8.58. The van der Waals surface area contributed by atoms with Gasteiger partial charge in [0.25, 0.3) is 0 Å². The van der Waals surface area contributed by atoms with Crippen molar-refractivity contribution in [3.8, 4) is 0 Å². The Bertz CT molecular complexity index is 713. The Morgan fingerprint density at radius 1 is 1.07 bits per heavy atom. The fraction of sp³-hybridized carbons (Fsp3) is 0.619. The summed E-state index contributed by atoms with van der Waals surface area (Å²) in [5, 5.41) is 3.28. The molecule has 160 valence electrons. The van der Waals surface area contributed by atoms with Gasteiger partial charge >= 0.3 is 0 Å². The number of nitrogens with one attached hydrogen (secondary N) is 1. The largest absolute Gasteiger partial charge is 0.357 e. The molecule has 2 saturated heterocycles. The number of aliphatic imine (C=N–C) groups is 1. The van der Waals surface area contributed by atoms with Crippen molar-refractivity contribution >= 4 is 11.9 Å². The number of likely N-dealkylation sites (tertiary alicyclic amines) is 1. The van der Waals surface area contributed by atoms with Gasteiger partial charge in [-0.15, -0.1) is 0 Å². The first-order valence-electron chi connectivity index (χ1n) is 10.5. The molecule has 1 aromatic rings. The maximum atomic E-state index is 13.8. The highest BCUT2D eigenvalue weighted by Gasteiger charge is 2.24. The first kappa shape index (κ1) is 21.5. The Morgan fingerprint density at radius 3 is 2.48 bits per heavy atom. The number of benzene rings is 1. The number of rotatable bonds is 6. The summed E-state index contributed by atoms with van der Waals surface area (Å²) < 4.78 is 27.1. The topological polar surface area (TPSA) is 51.2 Å². The van der Waals surface area contributed by atoms with Crippen LogP contribution in [0.1, 0.15) is 25.3 Å². The Balaban J connectivity index is 1.49. The molecule has 1 amide bonds. The molecule has 8 heteroatoms. The first-order valence-corrected chi connectivity index (χ1v) is 10.5. The molecule has 0 unspecified atom stereocenters. The summed E-state index contributed by atoms with van der Waals surface area (Å²) in [7, 11) is 0. The number of amides is 1. The van der Waals surface area contributed by atoms with Gasteiger partial charge in [-0.25, -0.2) is 8.78 Å². The van der Waals surface area contributed by atoms with E-state index in [-0.39, 0.29) is 5.91 Å². The fourth-order valence-corrected chi connectivity index (χ4v) is 3.82. The van der Waals surface area contributed by atoms with E-state index in [2.05, 4.69) is 20.1 Å². The lowest BCUT2D eigenvalue weighted by Gasteiger charge is -2.36. The molecular formula is C21H31F2N5O. The van der Waals surface area contributed by atoms with Crippen LogP contribution < -0.4 is 5.32 Å². The van der Waals surface area contributed by atoms with Gasteiger partial charge in [0.1, 0.15) is 11.6 Å². The highest BCUT2D eigenvalue weighted by atomic mass is 19.1. The zero-order valence-electron chi connectivity index (χ0n) is 17.2. The predicted molar refractivity (Wildman–Crippen MR) is 110 cm³/mol. The molecule has 1 N–H and O–H groups in total. The second-order valence-corrected chi connectivity index (χ2v) is 7.57. The smallest absolute Gasteiger partial charge is 0.236 e. The van der Waals surface area contributed by atoms with Crippen LogP contribution in [0, 0.1) is 11.6 Å². The van der Waals surface area contributed by atoms with E-state index in [1.807, 2.05) is 11.8 Å². The lowest BCUT2D eigenvalue weighted by molar-refractivity contribution is -0.131. The van der Waals surface area contributed by atoms with E-state index in [1.54, 1.807) is 0 Å². The number of carbonyl (C=O) groups excluding carboxylic acids is 1. The molecule has 3 rings (SSSR count). The van der Waals surface area contributed by atoms with E-state index in [1.165, 1.54) is 6.07 Å². The Hall–Kier alpha value is -2.22. The SMILES string of the molecule is CCNC(=NCCc1cc(F)ccc1F)N1CCN(CC(=O)N2CCCC2)CC1. The van der Waals surface area contributed by atoms with E-state index in [9.17, 15) is 13.6 Å². The molecule has 0 atom stereocenters. The minimum atomic E-state index is -0.433. The van der Waals surface area contributed by atoms with Gasteiger partial charge in [0.15, 0.2) is 5.96 Å². The van der Waals surface area contributed by atoms with Crippen LogP contribution in [0.15, 0.2) is 23.2 Å². The van der Waals surface area contributed by atoms with Crippen LogP contribution in [0.25, 0.3) is 0 Å². The van der Waals surface area contributed by atoms with E-state index < -0.39 is 11.6 Å². The molecule has 29 heavy (non-hydrogen) atoms. The minimum Gasteiger partial charge on any atom is -0.357 e. The van der Waals surface area contributed by atoms with Crippen molar-refractivity contribution in [1.82, 2.24) is 20.0 Å². The molecule has 1 aromatic carbocycles. The molecule has 0 radical (unpaired) electrons. The quantitative estimate of drug-likeness (QED) is 0.576. The number of hydrogen-bond acceptors (Lipinski definition) is 3. The third-order valence-electron chi connectivity index (χ3n) is 5.47.